The van der Waals surface area contributed by atoms with Gasteiger partial charge in [0, 0.05) is 0 Å². The van der Waals surface area contributed by atoms with Crippen LogP contribution in [0.5, 0.6) is 0 Å². The number of anilines is 1. The number of carbonyl (C=O) groups excluding carboxylic acids is 2. The molecule has 0 aliphatic carbocycles. The molecule has 1 N–H and O–H groups in total. The predicted molar refractivity (Wildman–Crippen MR) is 50.4 cm³/mol. The van der Waals surface area contributed by atoms with Crippen molar-refractivity contribution in [2.75, 3.05) is 11.9 Å². The molecular weight excluding hydrogens is 190 g/mol. The van der Waals surface area contributed by atoms with Crippen molar-refractivity contribution < 1.29 is 14.3 Å². The Labute approximate surface area is 79.5 Å². The van der Waals surface area contributed by atoms with Crippen LogP contribution in [-0.2, 0) is 4.74 Å². The lowest BCUT2D eigenvalue weighted by Gasteiger charge is -2.02. The second kappa shape index (κ2) is 4.61. The predicted octanol–water partition coefficient (Wildman–Crippen LogP) is 2.13. The summed E-state index contributed by atoms with van der Waals surface area (Å²) in [5.74, 6) is 0. The Balaban J connectivity index is 2.62. The molecule has 0 bridgehead atoms. The van der Waals surface area contributed by atoms with Gasteiger partial charge in [-0.25, -0.2) is 4.79 Å². The van der Waals surface area contributed by atoms with Gasteiger partial charge in [-0.15, -0.1) is 11.3 Å². The second-order valence-corrected chi connectivity index (χ2v) is 3.11. The molecule has 0 aliphatic rings. The Bertz CT molecular complexity index is 308. The first-order valence-electron chi connectivity index (χ1n) is 3.74. The number of nitrogens with one attached hydrogen (secondary N) is 1. The Morgan fingerprint density at radius 3 is 3.15 bits per heavy atom. The summed E-state index contributed by atoms with van der Waals surface area (Å²) in [5.41, 5.74) is 0.499. The summed E-state index contributed by atoms with van der Waals surface area (Å²) in [7, 11) is 0. The molecule has 5 heteroatoms. The molecule has 0 radical (unpaired) electrons. The van der Waals surface area contributed by atoms with Crippen molar-refractivity contribution in [2.45, 2.75) is 6.92 Å². The Hall–Kier alpha value is -1.36. The maximum atomic E-state index is 10.9. The van der Waals surface area contributed by atoms with E-state index in [-0.39, 0.29) is 0 Å². The normalized spacial score (nSPS) is 9.31. The van der Waals surface area contributed by atoms with Gasteiger partial charge in [0.05, 0.1) is 17.2 Å². The third kappa shape index (κ3) is 2.55. The van der Waals surface area contributed by atoms with Crippen LogP contribution in [0.15, 0.2) is 11.4 Å². The highest BCUT2D eigenvalue weighted by Gasteiger charge is 2.06. The molecule has 1 aromatic heterocycles. The average molecular weight is 199 g/mol. The maximum absolute atomic E-state index is 10.9. The van der Waals surface area contributed by atoms with Crippen molar-refractivity contribution in [1.82, 2.24) is 0 Å². The van der Waals surface area contributed by atoms with E-state index in [0.717, 1.165) is 0 Å². The zero-order valence-electron chi connectivity index (χ0n) is 7.07. The smallest absolute Gasteiger partial charge is 0.411 e. The van der Waals surface area contributed by atoms with Crippen LogP contribution in [0.25, 0.3) is 0 Å². The van der Waals surface area contributed by atoms with Gasteiger partial charge in [0.25, 0.3) is 0 Å². The van der Waals surface area contributed by atoms with Gasteiger partial charge in [-0.3, -0.25) is 10.1 Å². The lowest BCUT2D eigenvalue weighted by Crippen LogP contribution is -2.13. The van der Waals surface area contributed by atoms with E-state index in [1.807, 2.05) is 0 Å². The maximum Gasteiger partial charge on any atom is 0.411 e. The molecule has 0 fully saturated rings. The largest absolute Gasteiger partial charge is 0.450 e. The molecule has 70 valence electrons. The van der Waals surface area contributed by atoms with Gasteiger partial charge in [0.2, 0.25) is 0 Å². The summed E-state index contributed by atoms with van der Waals surface area (Å²) in [5, 5.41) is 4.19. The van der Waals surface area contributed by atoms with E-state index in [1.165, 1.54) is 11.3 Å². The number of carbonyl (C=O) groups is 2. The van der Waals surface area contributed by atoms with E-state index in [1.54, 1.807) is 18.4 Å². The van der Waals surface area contributed by atoms with Crippen molar-refractivity contribution in [3.63, 3.8) is 0 Å². The quantitative estimate of drug-likeness (QED) is 0.758. The van der Waals surface area contributed by atoms with Gasteiger partial charge in [0.1, 0.15) is 0 Å². The molecule has 1 aromatic rings. The summed E-state index contributed by atoms with van der Waals surface area (Å²) in [6, 6.07) is 1.66. The topological polar surface area (TPSA) is 55.4 Å². The lowest BCUT2D eigenvalue weighted by atomic mass is 10.4. The number of ether oxygens (including phenoxy) is 1. The molecule has 0 aromatic carbocycles. The van der Waals surface area contributed by atoms with Gasteiger partial charge in [0.15, 0.2) is 6.29 Å². The van der Waals surface area contributed by atoms with Crippen molar-refractivity contribution >= 4 is 29.4 Å². The fraction of sp³-hybridized carbons (Fsp3) is 0.250. The number of aldehydes is 1. The van der Waals surface area contributed by atoms with Crippen LogP contribution in [0, 0.1) is 0 Å². The van der Waals surface area contributed by atoms with E-state index < -0.39 is 6.09 Å². The molecule has 4 nitrogen and oxygen atoms in total. The third-order valence-electron chi connectivity index (χ3n) is 1.31. The molecule has 13 heavy (non-hydrogen) atoms. The number of thiophene rings is 1. The summed E-state index contributed by atoms with van der Waals surface area (Å²) in [6.07, 6.45) is 0.163. The van der Waals surface area contributed by atoms with E-state index in [2.05, 4.69) is 10.1 Å². The number of hydrogen-bond donors (Lipinski definition) is 1. The molecule has 0 saturated carbocycles. The molecule has 0 aliphatic heterocycles. The molecular formula is C8H9NO3S. The Kier molecular flexibility index (Phi) is 3.45. The standard InChI is InChI=1S/C8H9NO3S/c1-2-12-8(11)9-6-3-4-13-7(6)5-10/h3-5H,2H2,1H3,(H,9,11). The van der Waals surface area contributed by atoms with Crippen molar-refractivity contribution in [1.29, 1.82) is 0 Å². The van der Waals surface area contributed by atoms with Gasteiger partial charge >= 0.3 is 6.09 Å². The van der Waals surface area contributed by atoms with Crippen molar-refractivity contribution in [3.8, 4) is 0 Å². The number of rotatable bonds is 3. The minimum atomic E-state index is -0.538. The van der Waals surface area contributed by atoms with E-state index in [0.29, 0.717) is 23.5 Å². The fourth-order valence-electron chi connectivity index (χ4n) is 0.793. The van der Waals surface area contributed by atoms with Crippen LogP contribution < -0.4 is 5.32 Å². The zero-order chi connectivity index (χ0) is 9.68. The zero-order valence-corrected chi connectivity index (χ0v) is 7.89. The van der Waals surface area contributed by atoms with E-state index in [4.69, 9.17) is 0 Å². The highest BCUT2D eigenvalue weighted by molar-refractivity contribution is 7.12. The minimum Gasteiger partial charge on any atom is -0.450 e. The molecule has 0 unspecified atom stereocenters. The highest BCUT2D eigenvalue weighted by Crippen LogP contribution is 2.19. The molecule has 0 spiro atoms. The van der Waals surface area contributed by atoms with E-state index >= 15 is 0 Å². The van der Waals surface area contributed by atoms with Crippen LogP contribution in [0.1, 0.15) is 16.6 Å². The van der Waals surface area contributed by atoms with Gasteiger partial charge in [-0.05, 0) is 18.4 Å². The average Bonchev–Trinajstić information content (AvgIpc) is 2.52. The molecule has 0 saturated heterocycles. The van der Waals surface area contributed by atoms with Crippen molar-refractivity contribution in [2.24, 2.45) is 0 Å². The molecule has 1 rings (SSSR count). The van der Waals surface area contributed by atoms with Gasteiger partial charge in [-0.2, -0.15) is 0 Å². The minimum absolute atomic E-state index is 0.312. The molecule has 1 heterocycles. The SMILES string of the molecule is CCOC(=O)Nc1ccsc1C=O. The number of hydrogen-bond acceptors (Lipinski definition) is 4. The highest BCUT2D eigenvalue weighted by atomic mass is 32.1. The Morgan fingerprint density at radius 1 is 1.77 bits per heavy atom. The monoisotopic (exact) mass is 199 g/mol. The van der Waals surface area contributed by atoms with Crippen LogP contribution in [0.2, 0.25) is 0 Å². The van der Waals surface area contributed by atoms with Crippen LogP contribution in [0.3, 0.4) is 0 Å². The van der Waals surface area contributed by atoms with Gasteiger partial charge < -0.3 is 4.74 Å². The summed E-state index contributed by atoms with van der Waals surface area (Å²) < 4.78 is 4.65. The van der Waals surface area contributed by atoms with Crippen LogP contribution >= 0.6 is 11.3 Å². The first kappa shape index (κ1) is 9.73. The van der Waals surface area contributed by atoms with Crippen LogP contribution in [-0.4, -0.2) is 19.0 Å². The molecule has 0 atom stereocenters. The van der Waals surface area contributed by atoms with E-state index in [9.17, 15) is 9.59 Å². The third-order valence-corrected chi connectivity index (χ3v) is 2.16. The van der Waals surface area contributed by atoms with Crippen LogP contribution in [0.4, 0.5) is 10.5 Å². The summed E-state index contributed by atoms with van der Waals surface area (Å²) in [4.78, 5) is 21.9. The summed E-state index contributed by atoms with van der Waals surface area (Å²) in [6.45, 7) is 2.03. The Morgan fingerprint density at radius 2 is 2.54 bits per heavy atom. The van der Waals surface area contributed by atoms with Crippen molar-refractivity contribution in [3.05, 3.63) is 16.3 Å². The van der Waals surface area contributed by atoms with Gasteiger partial charge in [-0.1, -0.05) is 0 Å². The number of amides is 1. The first-order chi connectivity index (χ1) is 6.27. The summed E-state index contributed by atoms with van der Waals surface area (Å²) >= 11 is 1.27. The molecule has 1 amide bonds. The first-order valence-corrected chi connectivity index (χ1v) is 4.62. The second-order valence-electron chi connectivity index (χ2n) is 2.16. The fourth-order valence-corrected chi connectivity index (χ4v) is 1.44. The lowest BCUT2D eigenvalue weighted by molar-refractivity contribution is 0.112.